The molecule has 0 bridgehead atoms. The predicted molar refractivity (Wildman–Crippen MR) is 253 cm³/mol. The third-order valence-corrected chi connectivity index (χ3v) is 14.9. The summed E-state index contributed by atoms with van der Waals surface area (Å²) < 4.78 is 25.7. The Balaban J connectivity index is 0.867. The second-order valence-corrected chi connectivity index (χ2v) is 19.4. The molecule has 0 saturated heterocycles. The number of carbonyl (C=O) groups is 4. The van der Waals surface area contributed by atoms with Gasteiger partial charge in [0.25, 0.3) is 0 Å². The summed E-state index contributed by atoms with van der Waals surface area (Å²) in [6, 6.07) is 30.2. The van der Waals surface area contributed by atoms with Crippen molar-refractivity contribution in [2.75, 3.05) is 0 Å². The van der Waals surface area contributed by atoms with Crippen LogP contribution in [0.25, 0.3) is 30.2 Å². The Morgan fingerprint density at radius 3 is 1.53 bits per heavy atom. The number of thiophene rings is 1. The van der Waals surface area contributed by atoms with Crippen molar-refractivity contribution in [1.29, 1.82) is 0 Å². The maximum absolute atomic E-state index is 13.7. The van der Waals surface area contributed by atoms with E-state index in [9.17, 15) is 19.2 Å². The van der Waals surface area contributed by atoms with Crippen molar-refractivity contribution in [2.24, 2.45) is 11.8 Å². The maximum atomic E-state index is 13.7. The van der Waals surface area contributed by atoms with E-state index in [2.05, 4.69) is 62.4 Å². The van der Waals surface area contributed by atoms with Gasteiger partial charge in [-0.3, -0.25) is 19.2 Å². The van der Waals surface area contributed by atoms with Crippen LogP contribution in [0.1, 0.15) is 113 Å². The first-order chi connectivity index (χ1) is 31.2. The van der Waals surface area contributed by atoms with Gasteiger partial charge in [0.2, 0.25) is 0 Å². The Kier molecular flexibility index (Phi) is 15.2. The second kappa shape index (κ2) is 21.5. The number of ether oxygens (including phenoxy) is 4. The Labute approximate surface area is 383 Å². The van der Waals surface area contributed by atoms with Gasteiger partial charge in [-0.25, -0.2) is 4.98 Å². The number of hydrogen-bond acceptors (Lipinski definition) is 11. The van der Waals surface area contributed by atoms with Crippen molar-refractivity contribution in [1.82, 2.24) is 4.98 Å². The van der Waals surface area contributed by atoms with Crippen LogP contribution in [0.2, 0.25) is 0 Å². The normalized spacial score (nSPS) is 18.7. The number of carbonyl (C=O) groups excluding carboxylic acids is 4. The van der Waals surface area contributed by atoms with Gasteiger partial charge in [-0.2, -0.15) is 0 Å². The molecule has 8 rings (SSSR count). The lowest BCUT2D eigenvalue weighted by atomic mass is 9.87. The zero-order chi connectivity index (χ0) is 44.4. The largest absolute Gasteiger partial charge is 0.462 e. The number of fused-ring (bicyclic) bond motifs is 2. The van der Waals surface area contributed by atoms with Crippen LogP contribution in [0.3, 0.4) is 0 Å². The van der Waals surface area contributed by atoms with Crippen molar-refractivity contribution in [2.45, 2.75) is 129 Å². The van der Waals surface area contributed by atoms with Crippen LogP contribution < -0.4 is 9.47 Å². The van der Waals surface area contributed by atoms with E-state index in [1.807, 2.05) is 30.3 Å². The lowest BCUT2D eigenvalue weighted by Gasteiger charge is -2.27. The summed E-state index contributed by atoms with van der Waals surface area (Å²) >= 11 is 3.03. The lowest BCUT2D eigenvalue weighted by Crippen LogP contribution is -2.30. The van der Waals surface area contributed by atoms with E-state index in [0.29, 0.717) is 98.6 Å². The van der Waals surface area contributed by atoms with Crippen LogP contribution in [-0.2, 0) is 54.3 Å². The summed E-state index contributed by atoms with van der Waals surface area (Å²) in [7, 11) is 0. The molecule has 2 aromatic heterocycles. The van der Waals surface area contributed by atoms with Crippen LogP contribution >= 0.6 is 22.7 Å². The fourth-order valence-corrected chi connectivity index (χ4v) is 11.0. The molecule has 0 radical (unpaired) electrons. The lowest BCUT2D eigenvalue weighted by molar-refractivity contribution is -0.153. The minimum Gasteiger partial charge on any atom is -0.462 e. The number of benzene rings is 4. The van der Waals surface area contributed by atoms with Gasteiger partial charge in [0.05, 0.1) is 31.6 Å². The van der Waals surface area contributed by atoms with Gasteiger partial charge in [0.1, 0.15) is 28.7 Å². The molecule has 64 heavy (non-hydrogen) atoms. The Morgan fingerprint density at radius 2 is 1.03 bits per heavy atom. The van der Waals surface area contributed by atoms with E-state index < -0.39 is 0 Å². The fourth-order valence-electron chi connectivity index (χ4n) is 8.85. The van der Waals surface area contributed by atoms with Gasteiger partial charge >= 0.3 is 23.9 Å². The monoisotopic (exact) mass is 899 g/mol. The average Bonchev–Trinajstić information content (AvgIpc) is 3.96. The van der Waals surface area contributed by atoms with Gasteiger partial charge in [0.15, 0.2) is 0 Å². The molecule has 334 valence electrons. The molecule has 0 unspecified atom stereocenters. The fraction of sp³-hybridized carbons (Fsp3) is 0.415. The molecule has 2 aliphatic rings. The first-order valence-corrected chi connectivity index (χ1v) is 24.7. The van der Waals surface area contributed by atoms with E-state index in [4.69, 9.17) is 23.9 Å². The van der Waals surface area contributed by atoms with Crippen LogP contribution in [0.4, 0.5) is 0 Å². The van der Waals surface area contributed by atoms with E-state index in [1.54, 1.807) is 23.5 Å². The van der Waals surface area contributed by atoms with E-state index in [0.717, 1.165) is 56.9 Å². The van der Waals surface area contributed by atoms with Crippen LogP contribution in [0.5, 0.6) is 11.5 Å². The molecule has 2 saturated carbocycles. The molecule has 9 nitrogen and oxygen atoms in total. The van der Waals surface area contributed by atoms with E-state index in [-0.39, 0.29) is 47.9 Å². The van der Waals surface area contributed by atoms with Crippen LogP contribution in [-0.4, -0.2) is 41.1 Å². The second-order valence-electron chi connectivity index (χ2n) is 17.3. The third kappa shape index (κ3) is 11.6. The molecule has 2 aliphatic carbocycles. The molecule has 0 amide bonds. The molecule has 0 aliphatic heterocycles. The molecule has 0 spiro atoms. The highest BCUT2D eigenvalue weighted by atomic mass is 32.1. The predicted octanol–water partition coefficient (Wildman–Crippen LogP) is 12.4. The molecule has 11 heteroatoms. The van der Waals surface area contributed by atoms with Crippen molar-refractivity contribution in [3.63, 3.8) is 0 Å². The first-order valence-electron chi connectivity index (χ1n) is 23.1. The molecule has 4 aromatic carbocycles. The SMILES string of the molecule is CCCc1ccc(CCC(=O)OC2CCC(C(=O)Oc3ccc(OC(=O)C4CCC(OC(=O)CCc5ccc(CCC)cc5)CC4)c4sc(-c5nc6ccccc6s5)cc34)CC2)cc1. The number of rotatable bonds is 17. The Hall–Kier alpha value is -5.39. The van der Waals surface area contributed by atoms with Gasteiger partial charge < -0.3 is 18.9 Å². The first kappa shape index (κ1) is 45.2. The number of aryl methyl sites for hydroxylation is 4. The number of thiazole rings is 1. The van der Waals surface area contributed by atoms with Crippen LogP contribution in [0.15, 0.2) is 91.0 Å². The standard InChI is InChI=1S/C53H57NO8S2/c1-3-7-34-11-15-36(16-12-34)19-31-48(55)59-40-25-21-38(22-26-40)52(57)61-44-29-30-45(50-42(44)33-47(63-50)51-54-43-9-5-6-10-46(43)64-51)62-53(58)39-23-27-41(28-24-39)60-49(56)32-20-37-17-13-35(8-4-2)14-18-37/h5-6,9-18,29-30,33,38-41H,3-4,7-8,19-28,31-32H2,1-2H3. The van der Waals surface area contributed by atoms with Crippen molar-refractivity contribution >= 4 is 66.9 Å². The summed E-state index contributed by atoms with van der Waals surface area (Å²) in [5.74, 6) is -0.924. The molecule has 0 N–H and O–H groups in total. The highest BCUT2D eigenvalue weighted by molar-refractivity contribution is 7.28. The van der Waals surface area contributed by atoms with Crippen molar-refractivity contribution in [3.05, 3.63) is 113 Å². The summed E-state index contributed by atoms with van der Waals surface area (Å²) in [6.45, 7) is 4.33. The summed E-state index contributed by atoms with van der Waals surface area (Å²) in [6.07, 6.45) is 10.4. The number of para-hydroxylation sites is 1. The van der Waals surface area contributed by atoms with Crippen LogP contribution in [0, 0.1) is 11.8 Å². The summed E-state index contributed by atoms with van der Waals surface area (Å²) in [5.41, 5.74) is 5.75. The molecular weight excluding hydrogens is 843 g/mol. The van der Waals surface area contributed by atoms with Gasteiger partial charge in [-0.15, -0.1) is 22.7 Å². The van der Waals surface area contributed by atoms with Gasteiger partial charge in [0, 0.05) is 18.2 Å². The number of hydrogen-bond donors (Lipinski definition) is 0. The zero-order valence-electron chi connectivity index (χ0n) is 36.8. The van der Waals surface area contributed by atoms with Gasteiger partial charge in [-0.1, -0.05) is 87.4 Å². The quantitative estimate of drug-likeness (QED) is 0.0651. The van der Waals surface area contributed by atoms with E-state index >= 15 is 0 Å². The molecule has 6 aromatic rings. The minimum atomic E-state index is -0.330. The van der Waals surface area contributed by atoms with Crippen molar-refractivity contribution < 1.29 is 38.1 Å². The molecule has 0 atom stereocenters. The minimum absolute atomic E-state index is 0.211. The molecule has 2 fully saturated rings. The zero-order valence-corrected chi connectivity index (χ0v) is 38.4. The summed E-state index contributed by atoms with van der Waals surface area (Å²) in [4.78, 5) is 58.6. The molecular formula is C53H57NO8S2. The smallest absolute Gasteiger partial charge is 0.314 e. The highest BCUT2D eigenvalue weighted by Gasteiger charge is 2.32. The number of nitrogens with zero attached hydrogens (tertiary/aromatic N) is 1. The Bertz CT molecular complexity index is 2370. The number of esters is 4. The number of aromatic nitrogens is 1. The average molecular weight is 900 g/mol. The topological polar surface area (TPSA) is 118 Å². The highest BCUT2D eigenvalue weighted by Crippen LogP contribution is 2.45. The summed E-state index contributed by atoms with van der Waals surface area (Å²) in [5, 5.41) is 1.50. The maximum Gasteiger partial charge on any atom is 0.314 e. The van der Waals surface area contributed by atoms with Gasteiger partial charge in [-0.05, 0) is 130 Å². The molecule has 2 heterocycles. The third-order valence-electron chi connectivity index (χ3n) is 12.5. The Morgan fingerprint density at radius 1 is 0.562 bits per heavy atom. The van der Waals surface area contributed by atoms with Crippen molar-refractivity contribution in [3.8, 4) is 21.4 Å². The van der Waals surface area contributed by atoms with E-state index in [1.165, 1.54) is 22.5 Å².